The van der Waals surface area contributed by atoms with Gasteiger partial charge in [0.2, 0.25) is 0 Å². The zero-order chi connectivity index (χ0) is 8.48. The number of halogens is 2. The van der Waals surface area contributed by atoms with Crippen LogP contribution < -0.4 is 0 Å². The number of alkyl halides is 2. The second kappa shape index (κ2) is 3.05. The van der Waals surface area contributed by atoms with E-state index < -0.39 is 12.0 Å². The van der Waals surface area contributed by atoms with Gasteiger partial charge in [-0.1, -0.05) is 13.8 Å². The Kier molecular flexibility index (Phi) is 2.47. The normalized spacial score (nSPS) is 38.2. The summed E-state index contributed by atoms with van der Waals surface area (Å²) in [5.41, 5.74) is 0. The van der Waals surface area contributed by atoms with Crippen LogP contribution in [-0.4, -0.2) is 18.1 Å². The summed E-state index contributed by atoms with van der Waals surface area (Å²) in [6, 6.07) is 0. The van der Waals surface area contributed by atoms with Crippen LogP contribution in [-0.2, 0) is 4.74 Å². The van der Waals surface area contributed by atoms with Crippen molar-refractivity contribution in [3.8, 4) is 0 Å². The zero-order valence-corrected chi connectivity index (χ0v) is 6.94. The van der Waals surface area contributed by atoms with Crippen molar-refractivity contribution in [1.29, 1.82) is 0 Å². The summed E-state index contributed by atoms with van der Waals surface area (Å²) < 4.78 is 29.8. The molecule has 0 aromatic carbocycles. The van der Waals surface area contributed by atoms with Crippen LogP contribution in [0.25, 0.3) is 0 Å². The van der Waals surface area contributed by atoms with Gasteiger partial charge < -0.3 is 4.74 Å². The van der Waals surface area contributed by atoms with Crippen molar-refractivity contribution in [3.05, 3.63) is 0 Å². The molecule has 0 bridgehead atoms. The van der Waals surface area contributed by atoms with Crippen LogP contribution in [0, 0.1) is 0 Å². The smallest absolute Gasteiger partial charge is 0.276 e. The predicted octanol–water partition coefficient (Wildman–Crippen LogP) is 2.60. The number of rotatable bonds is 0. The van der Waals surface area contributed by atoms with E-state index in [1.54, 1.807) is 0 Å². The highest BCUT2D eigenvalue weighted by Gasteiger charge is 2.58. The fourth-order valence-electron chi connectivity index (χ4n) is 1.42. The van der Waals surface area contributed by atoms with Crippen LogP contribution in [0.15, 0.2) is 0 Å². The van der Waals surface area contributed by atoms with E-state index in [2.05, 4.69) is 0 Å². The van der Waals surface area contributed by atoms with Gasteiger partial charge in [-0.05, 0) is 12.8 Å². The highest BCUT2D eigenvalue weighted by atomic mass is 19.3. The topological polar surface area (TPSA) is 12.5 Å². The van der Waals surface area contributed by atoms with Crippen molar-refractivity contribution in [2.75, 3.05) is 0 Å². The Hall–Kier alpha value is -0.180. The molecule has 3 heteroatoms. The van der Waals surface area contributed by atoms with Crippen LogP contribution in [0.4, 0.5) is 8.78 Å². The van der Waals surface area contributed by atoms with Crippen molar-refractivity contribution in [3.63, 3.8) is 0 Å². The summed E-state index contributed by atoms with van der Waals surface area (Å²) in [6.45, 7) is 4.00. The van der Waals surface area contributed by atoms with E-state index in [0.29, 0.717) is 6.42 Å². The molecule has 1 saturated heterocycles. The van der Waals surface area contributed by atoms with Crippen molar-refractivity contribution in [2.24, 2.45) is 0 Å². The van der Waals surface area contributed by atoms with Gasteiger partial charge in [0.25, 0.3) is 5.92 Å². The molecule has 0 spiro atoms. The summed E-state index contributed by atoms with van der Waals surface area (Å²) in [6.07, 6.45) is 0.655. The molecular weight excluding hydrogens is 150 g/mol. The Bertz CT molecular complexity index is 136. The lowest BCUT2D eigenvalue weighted by Crippen LogP contribution is -2.28. The van der Waals surface area contributed by atoms with E-state index in [-0.39, 0.29) is 12.5 Å². The fraction of sp³-hybridized carbons (Fsp3) is 1.00. The van der Waals surface area contributed by atoms with Gasteiger partial charge in [0.1, 0.15) is 6.10 Å². The average Bonchev–Trinajstić information content (AvgIpc) is 2.71. The molecule has 1 nitrogen and oxygen atoms in total. The Labute approximate surface area is 65.7 Å². The Morgan fingerprint density at radius 1 is 1.36 bits per heavy atom. The van der Waals surface area contributed by atoms with E-state index >= 15 is 0 Å². The molecule has 1 saturated carbocycles. The minimum atomic E-state index is -2.51. The predicted molar refractivity (Wildman–Crippen MR) is 38.8 cm³/mol. The van der Waals surface area contributed by atoms with Gasteiger partial charge >= 0.3 is 0 Å². The van der Waals surface area contributed by atoms with Crippen LogP contribution in [0.5, 0.6) is 0 Å². The summed E-state index contributed by atoms with van der Waals surface area (Å²) >= 11 is 0. The Balaban J connectivity index is 0.000000281. The van der Waals surface area contributed by atoms with Gasteiger partial charge in [0.15, 0.2) is 0 Å². The molecule has 2 atom stereocenters. The molecule has 66 valence electrons. The van der Waals surface area contributed by atoms with Gasteiger partial charge in [0, 0.05) is 6.42 Å². The van der Waals surface area contributed by atoms with E-state index in [4.69, 9.17) is 4.74 Å². The molecule has 2 rings (SSSR count). The molecule has 0 aromatic rings. The molecule has 1 heterocycles. The molecule has 0 radical (unpaired) electrons. The third kappa shape index (κ3) is 1.70. The number of hydrogen-bond acceptors (Lipinski definition) is 1. The lowest BCUT2D eigenvalue weighted by Gasteiger charge is -2.16. The van der Waals surface area contributed by atoms with Crippen LogP contribution in [0.2, 0.25) is 0 Å². The first-order valence-corrected chi connectivity index (χ1v) is 4.23. The molecule has 11 heavy (non-hydrogen) atoms. The molecule has 1 aliphatic carbocycles. The lowest BCUT2D eigenvalue weighted by molar-refractivity contribution is -0.0384. The second-order valence-electron chi connectivity index (χ2n) is 2.75. The van der Waals surface area contributed by atoms with Gasteiger partial charge in [-0.2, -0.15) is 0 Å². The van der Waals surface area contributed by atoms with Crippen LogP contribution in [0.3, 0.4) is 0 Å². The van der Waals surface area contributed by atoms with Gasteiger partial charge in [-0.15, -0.1) is 0 Å². The highest BCUT2D eigenvalue weighted by molar-refractivity contribution is 4.99. The van der Waals surface area contributed by atoms with Gasteiger partial charge in [-0.3, -0.25) is 0 Å². The number of epoxide rings is 1. The Morgan fingerprint density at radius 3 is 2.45 bits per heavy atom. The third-order valence-electron chi connectivity index (χ3n) is 2.00. The van der Waals surface area contributed by atoms with Crippen LogP contribution >= 0.6 is 0 Å². The summed E-state index contributed by atoms with van der Waals surface area (Å²) in [5, 5.41) is 0. The standard InChI is InChI=1S/C6H8F2O.C2H6/c7-6(8)3-1-2-4-5(6)9-4;1-2/h4-5H,1-3H2;1-2H3. The monoisotopic (exact) mass is 164 g/mol. The van der Waals surface area contributed by atoms with E-state index in [9.17, 15) is 8.78 Å². The van der Waals surface area contributed by atoms with Gasteiger partial charge in [-0.25, -0.2) is 8.78 Å². The molecule has 2 unspecified atom stereocenters. The molecule has 1 aliphatic heterocycles. The molecule has 2 aliphatic rings. The summed E-state index contributed by atoms with van der Waals surface area (Å²) in [4.78, 5) is 0. The van der Waals surface area contributed by atoms with Crippen LogP contribution in [0.1, 0.15) is 33.1 Å². The zero-order valence-electron chi connectivity index (χ0n) is 6.94. The molecule has 2 fully saturated rings. The molecular formula is C8H14F2O. The Morgan fingerprint density at radius 2 is 2.00 bits per heavy atom. The van der Waals surface area contributed by atoms with Crippen molar-refractivity contribution in [2.45, 2.75) is 51.2 Å². The molecule has 0 aromatic heterocycles. The van der Waals surface area contributed by atoms with E-state index in [1.807, 2.05) is 13.8 Å². The molecule has 0 amide bonds. The van der Waals surface area contributed by atoms with Crippen molar-refractivity contribution >= 4 is 0 Å². The maximum Gasteiger partial charge on any atom is 0.276 e. The number of ether oxygens (including phenoxy) is 1. The molecule has 0 N–H and O–H groups in total. The summed E-state index contributed by atoms with van der Waals surface area (Å²) in [7, 11) is 0. The second-order valence-corrected chi connectivity index (χ2v) is 2.75. The van der Waals surface area contributed by atoms with E-state index in [1.165, 1.54) is 0 Å². The quantitative estimate of drug-likeness (QED) is 0.501. The SMILES string of the molecule is CC.FC1(F)CCCC2OC21. The number of hydrogen-bond donors (Lipinski definition) is 0. The number of fused-ring (bicyclic) bond motifs is 1. The highest BCUT2D eigenvalue weighted by Crippen LogP contribution is 2.46. The maximum absolute atomic E-state index is 12.5. The first kappa shape index (κ1) is 8.91. The van der Waals surface area contributed by atoms with Gasteiger partial charge in [0.05, 0.1) is 6.10 Å². The minimum absolute atomic E-state index is 0.0220. The fourth-order valence-corrected chi connectivity index (χ4v) is 1.42. The summed E-state index contributed by atoms with van der Waals surface area (Å²) in [5.74, 6) is -2.51. The third-order valence-corrected chi connectivity index (χ3v) is 2.00. The average molecular weight is 164 g/mol. The van der Waals surface area contributed by atoms with Crippen molar-refractivity contribution in [1.82, 2.24) is 0 Å². The lowest BCUT2D eigenvalue weighted by atomic mass is 9.97. The largest absolute Gasteiger partial charge is 0.363 e. The van der Waals surface area contributed by atoms with E-state index in [0.717, 1.165) is 6.42 Å². The first-order chi connectivity index (χ1) is 5.20. The first-order valence-electron chi connectivity index (χ1n) is 4.23. The van der Waals surface area contributed by atoms with Crippen molar-refractivity contribution < 1.29 is 13.5 Å². The maximum atomic E-state index is 12.5. The minimum Gasteiger partial charge on any atom is -0.363 e.